The number of aliphatic hydroxyl groups excluding tert-OH is 1. The van der Waals surface area contributed by atoms with Crippen molar-refractivity contribution in [3.05, 3.63) is 48.7 Å². The number of aromatic nitrogens is 1. The van der Waals surface area contributed by atoms with Gasteiger partial charge in [0.15, 0.2) is 0 Å². The first-order valence-corrected chi connectivity index (χ1v) is 8.68. The molecular weight excluding hydrogens is 300 g/mol. The average Bonchev–Trinajstić information content (AvgIpc) is 2.66. The number of rotatable bonds is 4. The van der Waals surface area contributed by atoms with Gasteiger partial charge in [0.1, 0.15) is 5.75 Å². The zero-order valence-electron chi connectivity index (χ0n) is 14.1. The summed E-state index contributed by atoms with van der Waals surface area (Å²) in [6.45, 7) is 6.07. The number of benzene rings is 1. The predicted molar refractivity (Wildman–Crippen MR) is 95.0 cm³/mol. The van der Waals surface area contributed by atoms with E-state index in [-0.39, 0.29) is 6.04 Å². The Morgan fingerprint density at radius 1 is 1.42 bits per heavy atom. The summed E-state index contributed by atoms with van der Waals surface area (Å²) in [5, 5.41) is 12.1. The molecule has 5 atom stereocenters. The fourth-order valence-electron chi connectivity index (χ4n) is 4.44. The summed E-state index contributed by atoms with van der Waals surface area (Å²) in [7, 11) is 1.66. The Hall–Kier alpha value is -1.91. The van der Waals surface area contributed by atoms with Crippen molar-refractivity contribution >= 4 is 10.9 Å². The van der Waals surface area contributed by atoms with Crippen molar-refractivity contribution in [2.45, 2.75) is 25.0 Å². The van der Waals surface area contributed by atoms with Crippen molar-refractivity contribution < 1.29 is 9.84 Å². The van der Waals surface area contributed by atoms with Crippen LogP contribution >= 0.6 is 0 Å². The van der Waals surface area contributed by atoms with Crippen LogP contribution in [-0.4, -0.2) is 41.2 Å². The lowest BCUT2D eigenvalue weighted by Crippen LogP contribution is -2.54. The Labute approximate surface area is 142 Å². The minimum Gasteiger partial charge on any atom is -0.497 e. The molecule has 1 aromatic carbocycles. The molecule has 5 rings (SSSR count). The Kier molecular flexibility index (Phi) is 4.02. The van der Waals surface area contributed by atoms with Crippen molar-refractivity contribution in [1.29, 1.82) is 0 Å². The SMILES string of the molecule is C=C[C@@H]1CN2CC[C@H]1C[C@H]2C(O)c1ccnc2ccc(OC)cc12. The van der Waals surface area contributed by atoms with Gasteiger partial charge < -0.3 is 9.84 Å². The van der Waals surface area contributed by atoms with Gasteiger partial charge in [0.2, 0.25) is 0 Å². The van der Waals surface area contributed by atoms with Gasteiger partial charge in [0.25, 0.3) is 0 Å². The summed E-state index contributed by atoms with van der Waals surface area (Å²) in [4.78, 5) is 6.86. The number of pyridine rings is 1. The second kappa shape index (κ2) is 6.19. The number of fused-ring (bicyclic) bond motifs is 4. The van der Waals surface area contributed by atoms with Crippen molar-refractivity contribution in [2.24, 2.45) is 11.8 Å². The lowest BCUT2D eigenvalue weighted by molar-refractivity contribution is -0.0444. The molecule has 3 saturated heterocycles. The van der Waals surface area contributed by atoms with Crippen LogP contribution in [0.15, 0.2) is 43.1 Å². The molecule has 1 aromatic heterocycles. The third-order valence-corrected chi connectivity index (χ3v) is 5.82. The first-order chi connectivity index (χ1) is 11.7. The third kappa shape index (κ3) is 2.50. The van der Waals surface area contributed by atoms with E-state index in [0.717, 1.165) is 41.7 Å². The van der Waals surface area contributed by atoms with E-state index in [4.69, 9.17) is 4.74 Å². The molecule has 0 aliphatic carbocycles. The van der Waals surface area contributed by atoms with Crippen LogP contribution in [0.3, 0.4) is 0 Å². The van der Waals surface area contributed by atoms with Crippen molar-refractivity contribution in [2.75, 3.05) is 20.2 Å². The third-order valence-electron chi connectivity index (χ3n) is 5.82. The number of piperidine rings is 3. The van der Waals surface area contributed by atoms with E-state index in [0.29, 0.717) is 11.8 Å². The molecule has 3 fully saturated rings. The first-order valence-electron chi connectivity index (χ1n) is 8.68. The van der Waals surface area contributed by atoms with Crippen LogP contribution in [0, 0.1) is 11.8 Å². The van der Waals surface area contributed by atoms with Gasteiger partial charge in [0, 0.05) is 24.2 Å². The zero-order valence-corrected chi connectivity index (χ0v) is 14.1. The first kappa shape index (κ1) is 15.6. The van der Waals surface area contributed by atoms with Gasteiger partial charge in [-0.2, -0.15) is 0 Å². The normalized spacial score (nSPS) is 30.2. The van der Waals surface area contributed by atoms with Gasteiger partial charge in [-0.1, -0.05) is 6.08 Å². The minimum atomic E-state index is -0.504. The molecule has 2 bridgehead atoms. The number of hydrogen-bond donors (Lipinski definition) is 1. The van der Waals surface area contributed by atoms with Crippen molar-refractivity contribution in [1.82, 2.24) is 9.88 Å². The lowest BCUT2D eigenvalue weighted by Gasteiger charge is -2.50. The molecule has 0 spiro atoms. The van der Waals surface area contributed by atoms with Crippen LogP contribution in [0.4, 0.5) is 0 Å². The van der Waals surface area contributed by atoms with E-state index in [2.05, 4.69) is 22.5 Å². The monoisotopic (exact) mass is 324 g/mol. The lowest BCUT2D eigenvalue weighted by atomic mass is 9.73. The zero-order chi connectivity index (χ0) is 16.7. The van der Waals surface area contributed by atoms with Crippen LogP contribution in [0.5, 0.6) is 5.75 Å². The number of aliphatic hydroxyl groups is 1. The molecule has 4 heterocycles. The Morgan fingerprint density at radius 3 is 3.00 bits per heavy atom. The van der Waals surface area contributed by atoms with E-state index in [9.17, 15) is 5.11 Å². The molecular formula is C20H24N2O2. The van der Waals surface area contributed by atoms with Gasteiger partial charge >= 0.3 is 0 Å². The Bertz CT molecular complexity index is 760. The highest BCUT2D eigenvalue weighted by molar-refractivity contribution is 5.83. The quantitative estimate of drug-likeness (QED) is 0.878. The molecule has 24 heavy (non-hydrogen) atoms. The van der Waals surface area contributed by atoms with Crippen LogP contribution in [-0.2, 0) is 0 Å². The second-order valence-electron chi connectivity index (χ2n) is 6.97. The van der Waals surface area contributed by atoms with Crippen LogP contribution in [0.2, 0.25) is 0 Å². The fourth-order valence-corrected chi connectivity index (χ4v) is 4.44. The van der Waals surface area contributed by atoms with Gasteiger partial charge in [-0.3, -0.25) is 9.88 Å². The summed E-state index contributed by atoms with van der Waals surface area (Å²) < 4.78 is 5.35. The maximum atomic E-state index is 11.2. The van der Waals surface area contributed by atoms with E-state index < -0.39 is 6.10 Å². The average molecular weight is 324 g/mol. The van der Waals surface area contributed by atoms with E-state index >= 15 is 0 Å². The number of ether oxygens (including phenoxy) is 1. The van der Waals surface area contributed by atoms with E-state index in [1.165, 1.54) is 6.42 Å². The van der Waals surface area contributed by atoms with E-state index in [1.807, 2.05) is 24.3 Å². The topological polar surface area (TPSA) is 45.6 Å². The van der Waals surface area contributed by atoms with Crippen LogP contribution in [0.1, 0.15) is 24.5 Å². The molecule has 0 amide bonds. The Morgan fingerprint density at radius 2 is 2.29 bits per heavy atom. The predicted octanol–water partition coefficient (Wildman–Crippen LogP) is 3.17. The maximum absolute atomic E-state index is 11.2. The summed E-state index contributed by atoms with van der Waals surface area (Å²) in [5.74, 6) is 2.01. The second-order valence-corrected chi connectivity index (χ2v) is 6.97. The molecule has 0 saturated carbocycles. The molecule has 3 aliphatic heterocycles. The van der Waals surface area contributed by atoms with E-state index in [1.54, 1.807) is 13.3 Å². The van der Waals surface area contributed by atoms with Gasteiger partial charge in [0.05, 0.1) is 18.7 Å². The van der Waals surface area contributed by atoms with Crippen molar-refractivity contribution in [3.8, 4) is 5.75 Å². The molecule has 3 aliphatic rings. The molecule has 4 heteroatoms. The van der Waals surface area contributed by atoms with Crippen molar-refractivity contribution in [3.63, 3.8) is 0 Å². The highest BCUT2D eigenvalue weighted by Gasteiger charge is 2.42. The number of methoxy groups -OCH3 is 1. The van der Waals surface area contributed by atoms with Crippen LogP contribution < -0.4 is 4.74 Å². The number of nitrogens with zero attached hydrogens (tertiary/aromatic N) is 2. The molecule has 126 valence electrons. The molecule has 0 radical (unpaired) electrons. The molecule has 4 nitrogen and oxygen atoms in total. The van der Waals surface area contributed by atoms with Gasteiger partial charge in [-0.25, -0.2) is 0 Å². The standard InChI is InChI=1S/C20H24N2O2/c1-3-13-12-22-9-7-14(13)10-19(22)20(23)16-6-8-21-18-5-4-15(24-2)11-17(16)18/h3-6,8,11,13-14,19-20,23H,1,7,9-10,12H2,2H3/t13-,14+,19+,20?/m1/s1. The largest absolute Gasteiger partial charge is 0.497 e. The molecule has 1 N–H and O–H groups in total. The summed E-state index contributed by atoms with van der Waals surface area (Å²) >= 11 is 0. The van der Waals surface area contributed by atoms with Gasteiger partial charge in [-0.15, -0.1) is 6.58 Å². The Balaban J connectivity index is 1.69. The number of hydrogen-bond acceptors (Lipinski definition) is 4. The van der Waals surface area contributed by atoms with Gasteiger partial charge in [-0.05, 0) is 61.1 Å². The smallest absolute Gasteiger partial charge is 0.119 e. The van der Waals surface area contributed by atoms with Crippen LogP contribution in [0.25, 0.3) is 10.9 Å². The molecule has 2 unspecified atom stereocenters. The molecule has 2 aromatic rings. The fraction of sp³-hybridized carbons (Fsp3) is 0.450. The summed E-state index contributed by atoms with van der Waals surface area (Å²) in [5.41, 5.74) is 1.85. The maximum Gasteiger partial charge on any atom is 0.119 e. The highest BCUT2D eigenvalue weighted by atomic mass is 16.5. The minimum absolute atomic E-state index is 0.178. The highest BCUT2D eigenvalue weighted by Crippen LogP contribution is 2.42. The summed E-state index contributed by atoms with van der Waals surface area (Å²) in [6.07, 6.45) is 5.62. The summed E-state index contributed by atoms with van der Waals surface area (Å²) in [6, 6.07) is 7.96.